The second kappa shape index (κ2) is 13.8. The summed E-state index contributed by atoms with van der Waals surface area (Å²) in [6.07, 6.45) is 9.73. The number of hydrogen-bond donors (Lipinski definition) is 1. The first-order valence-corrected chi connectivity index (χ1v) is 12.1. The van der Waals surface area contributed by atoms with Crippen molar-refractivity contribution < 1.29 is 14.6 Å². The highest BCUT2D eigenvalue weighted by Crippen LogP contribution is 2.25. The lowest BCUT2D eigenvalue weighted by Gasteiger charge is -2.18. The topological polar surface area (TPSA) is 46.5 Å². The van der Waals surface area contributed by atoms with E-state index in [0.29, 0.717) is 6.42 Å². The first-order chi connectivity index (χ1) is 15.0. The van der Waals surface area contributed by atoms with Gasteiger partial charge in [0.15, 0.2) is 0 Å². The molecule has 2 aromatic carbocycles. The van der Waals surface area contributed by atoms with Gasteiger partial charge < -0.3 is 9.84 Å². The lowest BCUT2D eigenvalue weighted by molar-refractivity contribution is -0.150. The van der Waals surface area contributed by atoms with E-state index in [0.717, 1.165) is 20.9 Å². The van der Waals surface area contributed by atoms with Gasteiger partial charge in [0, 0.05) is 15.6 Å². The first kappa shape index (κ1) is 28.3. The summed E-state index contributed by atoms with van der Waals surface area (Å²) in [5.41, 5.74) is 1.77. The second-order valence-corrected chi connectivity index (χ2v) is 10.7. The predicted molar refractivity (Wildman–Crippen MR) is 142 cm³/mol. The maximum atomic E-state index is 11.5. The van der Waals surface area contributed by atoms with Crippen LogP contribution in [-0.2, 0) is 9.53 Å². The fraction of sp³-hybridized carbons (Fsp3) is 0.370. The molecule has 0 aliphatic carbocycles. The lowest BCUT2D eigenvalue weighted by Crippen LogP contribution is -2.24. The third kappa shape index (κ3) is 10.3. The fourth-order valence-corrected chi connectivity index (χ4v) is 3.46. The van der Waals surface area contributed by atoms with Gasteiger partial charge in [0.05, 0.1) is 12.5 Å². The summed E-state index contributed by atoms with van der Waals surface area (Å²) < 4.78 is 6.91. The zero-order valence-corrected chi connectivity index (χ0v) is 22.7. The lowest BCUT2D eigenvalue weighted by atomic mass is 9.89. The summed E-state index contributed by atoms with van der Waals surface area (Å²) in [5.74, 6) is -0.186. The molecule has 0 atom stereocenters. The van der Waals surface area contributed by atoms with Crippen molar-refractivity contribution in [2.45, 2.75) is 40.5 Å². The van der Waals surface area contributed by atoms with Gasteiger partial charge in [-0.1, -0.05) is 106 Å². The maximum absolute atomic E-state index is 11.5. The van der Waals surface area contributed by atoms with Gasteiger partial charge in [-0.25, -0.2) is 0 Å². The maximum Gasteiger partial charge on any atom is 0.311 e. The Morgan fingerprint density at radius 2 is 1.31 bits per heavy atom. The summed E-state index contributed by atoms with van der Waals surface area (Å²) in [6.45, 7) is 8.08. The largest absolute Gasteiger partial charge is 0.469 e. The Hall–Kier alpha value is -1.69. The molecular formula is C27H34Br2O3. The highest BCUT2D eigenvalue weighted by atomic mass is 79.9. The molecule has 0 spiro atoms. The van der Waals surface area contributed by atoms with Gasteiger partial charge in [0.1, 0.15) is 0 Å². The van der Waals surface area contributed by atoms with Crippen molar-refractivity contribution in [3.05, 3.63) is 80.8 Å². The molecule has 2 aromatic rings. The molecule has 0 aromatic heterocycles. The van der Waals surface area contributed by atoms with Gasteiger partial charge in [0.2, 0.25) is 0 Å². The third-order valence-corrected chi connectivity index (χ3v) is 6.31. The Morgan fingerprint density at radius 1 is 0.875 bits per heavy atom. The van der Waals surface area contributed by atoms with Gasteiger partial charge >= 0.3 is 5.97 Å². The van der Waals surface area contributed by atoms with E-state index in [1.807, 2.05) is 68.5 Å². The minimum atomic E-state index is -0.480. The number of aliphatic hydroxyl groups excluding tert-OH is 1. The number of carbonyl (C=O) groups excluding carboxylic acids is 1. The number of aliphatic hydroxyl groups is 1. The van der Waals surface area contributed by atoms with Crippen LogP contribution >= 0.6 is 31.9 Å². The number of allylic oxidation sites excluding steroid dienone is 2. The van der Waals surface area contributed by atoms with Crippen molar-refractivity contribution in [3.8, 4) is 0 Å². The van der Waals surface area contributed by atoms with E-state index in [1.165, 1.54) is 12.7 Å². The van der Waals surface area contributed by atoms with Crippen LogP contribution in [0.1, 0.15) is 51.7 Å². The average molecular weight is 566 g/mol. The number of rotatable bonds is 8. The highest BCUT2D eigenvalue weighted by Gasteiger charge is 2.26. The molecule has 0 fully saturated rings. The van der Waals surface area contributed by atoms with Gasteiger partial charge in [-0.2, -0.15) is 0 Å². The Bertz CT molecular complexity index is 915. The standard InChI is InChI=1S/C14H17BrO2.C13H17BrO/c1-14(2,13(16)17-3)10-6-8-11-7-4-5-9-12(11)15;1-13(2,10-15)9-5-7-11-6-3-4-8-12(11)14/h4-9H,10H2,1-3H3;3-8,15H,9-10H2,1-2H3. The molecule has 5 heteroatoms. The van der Waals surface area contributed by atoms with Crippen LogP contribution in [0.25, 0.3) is 12.2 Å². The minimum absolute atomic E-state index is 0.0300. The SMILES string of the molecule is CC(C)(CO)CC=Cc1ccccc1Br.COC(=O)C(C)(C)CC=Cc1ccccc1Br. The Kier molecular flexibility index (Phi) is 12.2. The molecule has 0 aliphatic rings. The number of esters is 1. The molecular weight excluding hydrogens is 532 g/mol. The molecule has 0 saturated carbocycles. The molecule has 174 valence electrons. The predicted octanol–water partition coefficient (Wildman–Crippen LogP) is 7.92. The van der Waals surface area contributed by atoms with Crippen LogP contribution in [0.5, 0.6) is 0 Å². The van der Waals surface area contributed by atoms with Crippen LogP contribution in [0.3, 0.4) is 0 Å². The van der Waals surface area contributed by atoms with E-state index in [4.69, 9.17) is 9.84 Å². The summed E-state index contributed by atoms with van der Waals surface area (Å²) >= 11 is 6.97. The van der Waals surface area contributed by atoms with Crippen molar-refractivity contribution in [2.24, 2.45) is 10.8 Å². The average Bonchev–Trinajstić information content (AvgIpc) is 2.76. The molecule has 0 radical (unpaired) electrons. The van der Waals surface area contributed by atoms with Crippen molar-refractivity contribution in [1.29, 1.82) is 0 Å². The number of benzene rings is 2. The van der Waals surface area contributed by atoms with Crippen LogP contribution in [-0.4, -0.2) is 24.8 Å². The van der Waals surface area contributed by atoms with Crippen LogP contribution < -0.4 is 0 Å². The molecule has 0 saturated heterocycles. The van der Waals surface area contributed by atoms with E-state index in [9.17, 15) is 4.79 Å². The Morgan fingerprint density at radius 3 is 1.72 bits per heavy atom. The van der Waals surface area contributed by atoms with Crippen molar-refractivity contribution >= 4 is 50.0 Å². The normalized spacial score (nSPS) is 12.0. The van der Waals surface area contributed by atoms with Crippen LogP contribution in [0.2, 0.25) is 0 Å². The van der Waals surface area contributed by atoms with E-state index < -0.39 is 5.41 Å². The molecule has 0 unspecified atom stereocenters. The first-order valence-electron chi connectivity index (χ1n) is 10.5. The number of ether oxygens (including phenoxy) is 1. The molecule has 0 aliphatic heterocycles. The summed E-state index contributed by atoms with van der Waals surface area (Å²) in [7, 11) is 1.42. The van der Waals surface area contributed by atoms with Gasteiger partial charge in [-0.05, 0) is 55.4 Å². The molecule has 1 N–H and O–H groups in total. The van der Waals surface area contributed by atoms with Crippen LogP contribution in [0.4, 0.5) is 0 Å². The highest BCUT2D eigenvalue weighted by molar-refractivity contribution is 9.10. The third-order valence-electron chi connectivity index (χ3n) is 4.87. The Labute approximate surface area is 209 Å². The molecule has 0 amide bonds. The monoisotopic (exact) mass is 564 g/mol. The van der Waals surface area contributed by atoms with Gasteiger partial charge in [0.25, 0.3) is 0 Å². The number of halogens is 2. The summed E-state index contributed by atoms with van der Waals surface area (Å²) in [6, 6.07) is 16.1. The molecule has 0 heterocycles. The molecule has 3 nitrogen and oxygen atoms in total. The zero-order valence-electron chi connectivity index (χ0n) is 19.6. The van der Waals surface area contributed by atoms with E-state index in [-0.39, 0.29) is 18.0 Å². The van der Waals surface area contributed by atoms with Crippen LogP contribution in [0, 0.1) is 10.8 Å². The summed E-state index contributed by atoms with van der Waals surface area (Å²) in [4.78, 5) is 11.5. The second-order valence-electron chi connectivity index (χ2n) is 8.95. The fourth-order valence-electron chi connectivity index (χ4n) is 2.63. The minimum Gasteiger partial charge on any atom is -0.469 e. The molecule has 2 rings (SSSR count). The summed E-state index contributed by atoms with van der Waals surface area (Å²) in [5, 5.41) is 9.10. The number of hydrogen-bond acceptors (Lipinski definition) is 3. The Balaban J connectivity index is 0.000000323. The quantitative estimate of drug-likeness (QED) is 0.331. The van der Waals surface area contributed by atoms with E-state index in [2.05, 4.69) is 63.9 Å². The van der Waals surface area contributed by atoms with E-state index in [1.54, 1.807) is 0 Å². The van der Waals surface area contributed by atoms with Crippen molar-refractivity contribution in [3.63, 3.8) is 0 Å². The van der Waals surface area contributed by atoms with Crippen LogP contribution in [0.15, 0.2) is 69.6 Å². The van der Waals surface area contributed by atoms with E-state index >= 15 is 0 Å². The number of carbonyl (C=O) groups is 1. The van der Waals surface area contributed by atoms with Gasteiger partial charge in [-0.15, -0.1) is 0 Å². The molecule has 0 bridgehead atoms. The molecule has 32 heavy (non-hydrogen) atoms. The van der Waals surface area contributed by atoms with Crippen molar-refractivity contribution in [1.82, 2.24) is 0 Å². The number of methoxy groups -OCH3 is 1. The van der Waals surface area contributed by atoms with Gasteiger partial charge in [-0.3, -0.25) is 4.79 Å². The van der Waals surface area contributed by atoms with Crippen molar-refractivity contribution in [2.75, 3.05) is 13.7 Å². The smallest absolute Gasteiger partial charge is 0.311 e. The zero-order chi connectivity index (χ0) is 24.2.